The third-order valence-corrected chi connectivity index (χ3v) is 4.30. The maximum absolute atomic E-state index is 4.56. The van der Waals surface area contributed by atoms with Crippen molar-refractivity contribution in [3.63, 3.8) is 0 Å². The zero-order valence-corrected chi connectivity index (χ0v) is 13.6. The van der Waals surface area contributed by atoms with E-state index in [1.807, 2.05) is 6.33 Å². The quantitative estimate of drug-likeness (QED) is 0.896. The van der Waals surface area contributed by atoms with E-state index >= 15 is 0 Å². The highest BCUT2D eigenvalue weighted by Crippen LogP contribution is 2.25. The summed E-state index contributed by atoms with van der Waals surface area (Å²) < 4.78 is 2.31. The molecule has 1 aromatic carbocycles. The summed E-state index contributed by atoms with van der Waals surface area (Å²) in [4.78, 5) is 4.56. The van der Waals surface area contributed by atoms with Gasteiger partial charge >= 0.3 is 0 Å². The average Bonchev–Trinajstić information content (AvgIpc) is 2.78. The first kappa shape index (κ1) is 15.0. The third-order valence-electron chi connectivity index (χ3n) is 4.30. The molecule has 0 amide bonds. The smallest absolute Gasteiger partial charge is 0.0960 e. The number of hydrogen-bond acceptors (Lipinski definition) is 2. The molecule has 0 aliphatic carbocycles. The van der Waals surface area contributed by atoms with Gasteiger partial charge < -0.3 is 9.88 Å². The van der Waals surface area contributed by atoms with Gasteiger partial charge in [0.05, 0.1) is 17.4 Å². The summed E-state index contributed by atoms with van der Waals surface area (Å²) in [5.41, 5.74) is 4.99. The molecular formula is C17H27N3. The summed E-state index contributed by atoms with van der Waals surface area (Å²) in [7, 11) is 0. The van der Waals surface area contributed by atoms with Crippen molar-refractivity contribution >= 4 is 11.0 Å². The van der Waals surface area contributed by atoms with Crippen molar-refractivity contribution in [2.24, 2.45) is 5.92 Å². The van der Waals surface area contributed by atoms with Crippen LogP contribution in [0.3, 0.4) is 0 Å². The van der Waals surface area contributed by atoms with Crippen LogP contribution in [0.5, 0.6) is 0 Å². The van der Waals surface area contributed by atoms with Crippen LogP contribution < -0.4 is 5.32 Å². The van der Waals surface area contributed by atoms with Crippen LogP contribution in [0.4, 0.5) is 0 Å². The Hall–Kier alpha value is -1.35. The number of rotatable bonds is 5. The molecule has 0 aliphatic heterocycles. The molecule has 2 aromatic rings. The van der Waals surface area contributed by atoms with Gasteiger partial charge in [-0.1, -0.05) is 20.8 Å². The van der Waals surface area contributed by atoms with Gasteiger partial charge in [0.1, 0.15) is 0 Å². The SMILES string of the molecule is Cc1cc2ncn(C(C)C(C)CNC(C)C)c2cc1C. The number of fused-ring (bicyclic) bond motifs is 1. The number of nitrogens with one attached hydrogen (secondary N) is 1. The Kier molecular flexibility index (Phi) is 4.48. The Morgan fingerprint density at radius 1 is 1.10 bits per heavy atom. The molecule has 1 N–H and O–H groups in total. The van der Waals surface area contributed by atoms with Crippen LogP contribution in [0.25, 0.3) is 11.0 Å². The van der Waals surface area contributed by atoms with Gasteiger partial charge in [-0.25, -0.2) is 4.98 Å². The molecule has 0 radical (unpaired) electrons. The Morgan fingerprint density at radius 2 is 1.75 bits per heavy atom. The van der Waals surface area contributed by atoms with Crippen LogP contribution in [0.15, 0.2) is 18.5 Å². The summed E-state index contributed by atoms with van der Waals surface area (Å²) in [6, 6.07) is 5.42. The lowest BCUT2D eigenvalue weighted by Gasteiger charge is -2.23. The van der Waals surface area contributed by atoms with Crippen LogP contribution in [-0.4, -0.2) is 22.1 Å². The van der Waals surface area contributed by atoms with Crippen molar-refractivity contribution in [3.8, 4) is 0 Å². The predicted molar refractivity (Wildman–Crippen MR) is 86.2 cm³/mol. The van der Waals surface area contributed by atoms with E-state index in [0.717, 1.165) is 12.1 Å². The summed E-state index contributed by atoms with van der Waals surface area (Å²) >= 11 is 0. The molecule has 0 saturated carbocycles. The van der Waals surface area contributed by atoms with E-state index in [1.165, 1.54) is 16.6 Å². The van der Waals surface area contributed by atoms with E-state index in [9.17, 15) is 0 Å². The fourth-order valence-electron chi connectivity index (χ4n) is 2.47. The van der Waals surface area contributed by atoms with E-state index in [1.54, 1.807) is 0 Å². The Balaban J connectivity index is 2.26. The van der Waals surface area contributed by atoms with Crippen molar-refractivity contribution in [2.45, 2.75) is 53.6 Å². The molecule has 110 valence electrons. The van der Waals surface area contributed by atoms with Crippen molar-refractivity contribution in [1.82, 2.24) is 14.9 Å². The molecule has 0 aliphatic rings. The fraction of sp³-hybridized carbons (Fsp3) is 0.588. The van der Waals surface area contributed by atoms with Gasteiger partial charge in [0.25, 0.3) is 0 Å². The van der Waals surface area contributed by atoms with E-state index in [4.69, 9.17) is 0 Å². The number of imidazole rings is 1. The topological polar surface area (TPSA) is 29.9 Å². The highest BCUT2D eigenvalue weighted by atomic mass is 15.1. The van der Waals surface area contributed by atoms with Crippen LogP contribution >= 0.6 is 0 Å². The molecule has 0 spiro atoms. The standard InChI is InChI=1S/C17H27N3/c1-11(2)18-9-14(5)15(6)20-10-19-16-7-12(3)13(4)8-17(16)20/h7-8,10-11,14-15,18H,9H2,1-6H3. The molecule has 20 heavy (non-hydrogen) atoms. The van der Waals surface area contributed by atoms with Gasteiger partial charge in [-0.2, -0.15) is 0 Å². The Labute approximate surface area is 122 Å². The lowest BCUT2D eigenvalue weighted by molar-refractivity contribution is 0.357. The van der Waals surface area contributed by atoms with Gasteiger partial charge in [0.2, 0.25) is 0 Å². The average molecular weight is 273 g/mol. The number of nitrogens with zero attached hydrogens (tertiary/aromatic N) is 2. The van der Waals surface area contributed by atoms with E-state index in [-0.39, 0.29) is 0 Å². The minimum absolute atomic E-state index is 0.438. The molecule has 3 nitrogen and oxygen atoms in total. The number of benzene rings is 1. The second kappa shape index (κ2) is 5.96. The fourth-order valence-corrected chi connectivity index (χ4v) is 2.47. The van der Waals surface area contributed by atoms with Crippen LogP contribution in [0.2, 0.25) is 0 Å². The number of aromatic nitrogens is 2. The molecule has 1 aromatic heterocycles. The molecule has 2 rings (SSSR count). The Morgan fingerprint density at radius 3 is 2.40 bits per heavy atom. The lowest BCUT2D eigenvalue weighted by Crippen LogP contribution is -2.31. The maximum Gasteiger partial charge on any atom is 0.0960 e. The first-order chi connectivity index (χ1) is 9.40. The van der Waals surface area contributed by atoms with Gasteiger partial charge in [-0.05, 0) is 56.5 Å². The Bertz CT molecular complexity index is 583. The minimum Gasteiger partial charge on any atom is -0.327 e. The van der Waals surface area contributed by atoms with Crippen molar-refractivity contribution in [3.05, 3.63) is 29.6 Å². The second-order valence-electron chi connectivity index (χ2n) is 6.36. The molecule has 3 heteroatoms. The lowest BCUT2D eigenvalue weighted by atomic mass is 10.0. The van der Waals surface area contributed by atoms with E-state index in [0.29, 0.717) is 18.0 Å². The van der Waals surface area contributed by atoms with Gasteiger partial charge in [0.15, 0.2) is 0 Å². The molecule has 1 heterocycles. The van der Waals surface area contributed by atoms with E-state index in [2.05, 4.69) is 68.5 Å². The summed E-state index contributed by atoms with van der Waals surface area (Å²) in [5.74, 6) is 0.566. The van der Waals surface area contributed by atoms with Crippen molar-refractivity contribution in [2.75, 3.05) is 6.54 Å². The highest BCUT2D eigenvalue weighted by molar-refractivity contribution is 5.77. The van der Waals surface area contributed by atoms with Gasteiger partial charge in [-0.15, -0.1) is 0 Å². The molecule has 0 bridgehead atoms. The van der Waals surface area contributed by atoms with Crippen LogP contribution in [-0.2, 0) is 0 Å². The van der Waals surface area contributed by atoms with E-state index < -0.39 is 0 Å². The highest BCUT2D eigenvalue weighted by Gasteiger charge is 2.17. The zero-order valence-electron chi connectivity index (χ0n) is 13.6. The number of aryl methyl sites for hydroxylation is 2. The zero-order chi connectivity index (χ0) is 14.9. The predicted octanol–water partition coefficient (Wildman–Crippen LogP) is 3.85. The summed E-state index contributed by atoms with van der Waals surface area (Å²) in [5, 5.41) is 3.52. The number of hydrogen-bond donors (Lipinski definition) is 1. The largest absolute Gasteiger partial charge is 0.327 e. The van der Waals surface area contributed by atoms with Crippen molar-refractivity contribution in [1.29, 1.82) is 0 Å². The molecule has 2 atom stereocenters. The first-order valence-electron chi connectivity index (χ1n) is 7.57. The monoisotopic (exact) mass is 273 g/mol. The van der Waals surface area contributed by atoms with Gasteiger partial charge in [0, 0.05) is 12.1 Å². The van der Waals surface area contributed by atoms with Crippen molar-refractivity contribution < 1.29 is 0 Å². The summed E-state index contributed by atoms with van der Waals surface area (Å²) in [6.07, 6.45) is 1.99. The molecule has 0 fully saturated rings. The second-order valence-corrected chi connectivity index (χ2v) is 6.36. The normalized spacial score (nSPS) is 14.9. The third kappa shape index (κ3) is 3.04. The molecule has 0 saturated heterocycles. The minimum atomic E-state index is 0.438. The summed E-state index contributed by atoms with van der Waals surface area (Å²) in [6.45, 7) is 14.3. The van der Waals surface area contributed by atoms with Crippen LogP contribution in [0.1, 0.15) is 44.9 Å². The maximum atomic E-state index is 4.56. The molecular weight excluding hydrogens is 246 g/mol. The first-order valence-corrected chi connectivity index (χ1v) is 7.57. The van der Waals surface area contributed by atoms with Gasteiger partial charge in [-0.3, -0.25) is 0 Å². The molecule has 2 unspecified atom stereocenters. The van der Waals surface area contributed by atoms with Crippen LogP contribution in [0, 0.1) is 19.8 Å².